The Morgan fingerprint density at radius 1 is 0.816 bits per heavy atom. The lowest BCUT2D eigenvalue weighted by molar-refractivity contribution is 0.506. The summed E-state index contributed by atoms with van der Waals surface area (Å²) in [5, 5.41) is 1.25. The second kappa shape index (κ2) is 9.97. The number of hydrogen-bond acceptors (Lipinski definition) is 6. The van der Waals surface area contributed by atoms with Gasteiger partial charge in [-0.2, -0.15) is 0 Å². The second-order valence-electron chi connectivity index (χ2n) is 8.78. The fourth-order valence-electron chi connectivity index (χ4n) is 4.45. The summed E-state index contributed by atoms with van der Waals surface area (Å²) in [7, 11) is 0. The van der Waals surface area contributed by atoms with E-state index in [2.05, 4.69) is 17.1 Å². The Kier molecular flexibility index (Phi) is 6.35. The van der Waals surface area contributed by atoms with Crippen molar-refractivity contribution in [1.82, 2.24) is 0 Å². The molecule has 6 nitrogen and oxygen atoms in total. The van der Waals surface area contributed by atoms with E-state index >= 15 is 0 Å². The number of benzene rings is 3. The topological polar surface area (TPSA) is 82.0 Å². The zero-order valence-corrected chi connectivity index (χ0v) is 21.4. The number of rotatable bonds is 5. The Bertz CT molecular complexity index is 1890. The van der Waals surface area contributed by atoms with Crippen LogP contribution in [0.4, 0.5) is 0 Å². The van der Waals surface area contributed by atoms with Gasteiger partial charge in [0.05, 0.1) is 26.4 Å². The van der Waals surface area contributed by atoms with Crippen LogP contribution in [0, 0.1) is 0 Å². The minimum atomic E-state index is -0.335. The standard InChI is InChI=1S/C30H19Cl2NO5/c31-21-12-4-10-19-25(34)18(16-36-27(19)21)15-23-24-26(35)20-11-5-13-22(32)28(20)38-29(24)30(37-23)33-14-6-9-17-7-2-1-3-8-17/h1-5,7-8,10-13,15-16H,6,9,14H2/b23-15-,33-30?. The molecule has 8 heteroatoms. The number of halogens is 2. The summed E-state index contributed by atoms with van der Waals surface area (Å²) in [6.45, 7) is 0.442. The summed E-state index contributed by atoms with van der Waals surface area (Å²) in [5.74, 6) is 0.479. The van der Waals surface area contributed by atoms with Crippen molar-refractivity contribution in [3.05, 3.63) is 126 Å². The summed E-state index contributed by atoms with van der Waals surface area (Å²) in [5.41, 5.74) is 1.46. The van der Waals surface area contributed by atoms with E-state index in [0.717, 1.165) is 12.8 Å². The maximum Gasteiger partial charge on any atom is 0.259 e. The van der Waals surface area contributed by atoms with Crippen molar-refractivity contribution in [3.63, 3.8) is 0 Å². The zero-order valence-electron chi connectivity index (χ0n) is 19.9. The van der Waals surface area contributed by atoms with E-state index in [0.29, 0.717) is 27.4 Å². The molecule has 1 aliphatic rings. The van der Waals surface area contributed by atoms with Gasteiger partial charge < -0.3 is 13.6 Å². The Morgan fingerprint density at radius 2 is 1.53 bits per heavy atom. The van der Waals surface area contributed by atoms with Crippen molar-refractivity contribution in [3.8, 4) is 0 Å². The summed E-state index contributed by atoms with van der Waals surface area (Å²) >= 11 is 12.5. The van der Waals surface area contributed by atoms with Gasteiger partial charge in [0.15, 0.2) is 16.6 Å². The normalized spacial score (nSPS) is 14.9. The molecule has 0 fully saturated rings. The number of para-hydroxylation sites is 2. The van der Waals surface area contributed by atoms with Crippen molar-refractivity contribution in [1.29, 1.82) is 0 Å². The van der Waals surface area contributed by atoms with E-state index in [-0.39, 0.29) is 50.6 Å². The van der Waals surface area contributed by atoms with Gasteiger partial charge in [-0.05, 0) is 48.7 Å². The number of fused-ring (bicyclic) bond motifs is 3. The predicted molar refractivity (Wildman–Crippen MR) is 150 cm³/mol. The van der Waals surface area contributed by atoms with Crippen LogP contribution in [-0.4, -0.2) is 12.4 Å². The Labute approximate surface area is 226 Å². The molecule has 5 aromatic rings. The van der Waals surface area contributed by atoms with Gasteiger partial charge >= 0.3 is 0 Å². The molecule has 0 amide bonds. The summed E-state index contributed by atoms with van der Waals surface area (Å²) < 4.78 is 17.8. The molecule has 3 heterocycles. The van der Waals surface area contributed by atoms with Gasteiger partial charge in [0, 0.05) is 6.54 Å². The summed E-state index contributed by atoms with van der Waals surface area (Å²) in [6, 6.07) is 20.0. The quantitative estimate of drug-likeness (QED) is 0.220. The van der Waals surface area contributed by atoms with Crippen molar-refractivity contribution in [2.24, 2.45) is 4.99 Å². The first-order valence-corrected chi connectivity index (χ1v) is 12.7. The highest BCUT2D eigenvalue weighted by atomic mass is 35.5. The Hall–Kier alpha value is -4.13. The fourth-order valence-corrected chi connectivity index (χ4v) is 4.88. The smallest absolute Gasteiger partial charge is 0.259 e. The molecule has 1 aliphatic heterocycles. The third-order valence-electron chi connectivity index (χ3n) is 6.30. The number of hydrogen-bond donors (Lipinski definition) is 0. The molecule has 0 N–H and O–H groups in total. The Morgan fingerprint density at radius 3 is 2.29 bits per heavy atom. The Balaban J connectivity index is 1.44. The molecule has 0 atom stereocenters. The van der Waals surface area contributed by atoms with Crippen molar-refractivity contribution < 1.29 is 13.6 Å². The number of aryl methyl sites for hydroxylation is 1. The summed E-state index contributed by atoms with van der Waals surface area (Å²) in [4.78, 5) is 31.3. The number of aliphatic imine (C=N–C) groups is 1. The first-order valence-electron chi connectivity index (χ1n) is 12.0. The molecule has 6 rings (SSSR count). The molecule has 2 aromatic heterocycles. The largest absolute Gasteiger partial charge is 0.462 e. The highest BCUT2D eigenvalue weighted by molar-refractivity contribution is 6.35. The van der Waals surface area contributed by atoms with Crippen molar-refractivity contribution in [2.75, 3.05) is 6.54 Å². The van der Waals surface area contributed by atoms with Gasteiger partial charge in [-0.1, -0.05) is 65.7 Å². The number of nitrogens with zero attached hydrogens (tertiary/aromatic N) is 1. The molecule has 0 unspecified atom stereocenters. The second-order valence-corrected chi connectivity index (χ2v) is 9.59. The van der Waals surface area contributed by atoms with E-state index in [4.69, 9.17) is 36.8 Å². The van der Waals surface area contributed by atoms with E-state index in [1.165, 1.54) is 17.9 Å². The third-order valence-corrected chi connectivity index (χ3v) is 6.90. The molecule has 188 valence electrons. The maximum atomic E-state index is 13.6. The lowest BCUT2D eigenvalue weighted by atomic mass is 10.1. The molecular weight excluding hydrogens is 525 g/mol. The molecule has 0 saturated heterocycles. The highest BCUT2D eigenvalue weighted by Crippen LogP contribution is 2.34. The summed E-state index contributed by atoms with van der Waals surface area (Å²) in [6.07, 6.45) is 4.35. The van der Waals surface area contributed by atoms with Crippen LogP contribution in [0.5, 0.6) is 0 Å². The van der Waals surface area contributed by atoms with Gasteiger partial charge in [0.1, 0.15) is 17.6 Å². The molecular formula is C30H19Cl2NO5. The average Bonchev–Trinajstić information content (AvgIpc) is 3.27. The van der Waals surface area contributed by atoms with Crippen LogP contribution in [0.2, 0.25) is 10.0 Å². The zero-order chi connectivity index (χ0) is 26.2. The molecule has 0 bridgehead atoms. The van der Waals surface area contributed by atoms with Crippen LogP contribution in [0.15, 0.2) is 96.4 Å². The van der Waals surface area contributed by atoms with Crippen molar-refractivity contribution >= 4 is 62.9 Å². The lowest BCUT2D eigenvalue weighted by Crippen LogP contribution is -2.10. The van der Waals surface area contributed by atoms with Gasteiger partial charge in [-0.15, -0.1) is 0 Å². The molecule has 0 saturated carbocycles. The lowest BCUT2D eigenvalue weighted by Gasteiger charge is -2.03. The number of ether oxygens (including phenoxy) is 1. The van der Waals surface area contributed by atoms with Crippen LogP contribution in [-0.2, 0) is 11.2 Å². The highest BCUT2D eigenvalue weighted by Gasteiger charge is 2.32. The monoisotopic (exact) mass is 543 g/mol. The third kappa shape index (κ3) is 4.32. The minimum absolute atomic E-state index is 0.145. The predicted octanol–water partition coefficient (Wildman–Crippen LogP) is 7.11. The SMILES string of the molecule is O=c1c(/C=C2\OC(=NCCCc3ccccc3)c3oc4c(Cl)cccc4c(=O)c32)coc2c(Cl)cccc12. The van der Waals surface area contributed by atoms with E-state index in [1.807, 2.05) is 18.2 Å². The van der Waals surface area contributed by atoms with Crippen LogP contribution in [0.3, 0.4) is 0 Å². The minimum Gasteiger partial charge on any atom is -0.462 e. The first kappa shape index (κ1) is 24.2. The molecule has 38 heavy (non-hydrogen) atoms. The maximum absolute atomic E-state index is 13.6. The van der Waals surface area contributed by atoms with E-state index in [1.54, 1.807) is 36.4 Å². The van der Waals surface area contributed by atoms with Crippen LogP contribution >= 0.6 is 23.2 Å². The van der Waals surface area contributed by atoms with Gasteiger partial charge in [0.25, 0.3) is 5.90 Å². The van der Waals surface area contributed by atoms with E-state index in [9.17, 15) is 9.59 Å². The molecule has 0 spiro atoms. The average molecular weight is 544 g/mol. The fraction of sp³-hybridized carbons (Fsp3) is 0.100. The van der Waals surface area contributed by atoms with Gasteiger partial charge in [-0.25, -0.2) is 4.99 Å². The van der Waals surface area contributed by atoms with Gasteiger partial charge in [0.2, 0.25) is 11.2 Å². The molecule has 3 aromatic carbocycles. The van der Waals surface area contributed by atoms with Crippen LogP contribution in [0.1, 0.15) is 28.9 Å². The van der Waals surface area contributed by atoms with Crippen molar-refractivity contribution in [2.45, 2.75) is 12.8 Å². The molecule has 0 radical (unpaired) electrons. The first-order chi connectivity index (χ1) is 18.5. The van der Waals surface area contributed by atoms with Gasteiger partial charge in [-0.3, -0.25) is 9.59 Å². The van der Waals surface area contributed by atoms with Crippen LogP contribution in [0.25, 0.3) is 33.8 Å². The molecule has 0 aliphatic carbocycles. The van der Waals surface area contributed by atoms with E-state index < -0.39 is 0 Å². The van der Waals surface area contributed by atoms with Crippen LogP contribution < -0.4 is 10.9 Å².